The summed E-state index contributed by atoms with van der Waals surface area (Å²) in [5, 5.41) is 16.7. The third-order valence-corrected chi connectivity index (χ3v) is 3.70. The van der Waals surface area contributed by atoms with Crippen molar-refractivity contribution in [2.45, 2.75) is 19.8 Å². The minimum absolute atomic E-state index is 0.0937. The van der Waals surface area contributed by atoms with Crippen LogP contribution >= 0.6 is 0 Å². The number of carbonyl (C=O) groups is 1. The van der Waals surface area contributed by atoms with Gasteiger partial charge in [0.15, 0.2) is 0 Å². The molecule has 7 heteroatoms. The first-order valence-corrected chi connectivity index (χ1v) is 6.92. The molecule has 0 aromatic heterocycles. The van der Waals surface area contributed by atoms with E-state index in [-0.39, 0.29) is 16.8 Å². The summed E-state index contributed by atoms with van der Waals surface area (Å²) >= 11 is 0. The van der Waals surface area contributed by atoms with Crippen LogP contribution in [-0.2, 0) is 0 Å². The van der Waals surface area contributed by atoms with Crippen LogP contribution in [0.5, 0.6) is 0 Å². The van der Waals surface area contributed by atoms with E-state index in [0.29, 0.717) is 12.5 Å². The molecular formula is C14H18FN3O3. The summed E-state index contributed by atoms with van der Waals surface area (Å²) in [5.74, 6) is -0.945. The van der Waals surface area contributed by atoms with Crippen molar-refractivity contribution in [3.8, 4) is 0 Å². The molecule has 6 nitrogen and oxygen atoms in total. The van der Waals surface area contributed by atoms with E-state index in [2.05, 4.69) is 10.6 Å². The number of benzene rings is 1. The maximum atomic E-state index is 14.0. The van der Waals surface area contributed by atoms with Gasteiger partial charge < -0.3 is 10.6 Å². The van der Waals surface area contributed by atoms with E-state index in [9.17, 15) is 19.3 Å². The molecule has 1 fully saturated rings. The van der Waals surface area contributed by atoms with Crippen LogP contribution in [0, 0.1) is 28.8 Å². The maximum absolute atomic E-state index is 14.0. The molecule has 2 N–H and O–H groups in total. The van der Waals surface area contributed by atoms with Gasteiger partial charge in [0.1, 0.15) is 5.82 Å². The van der Waals surface area contributed by atoms with Gasteiger partial charge in [-0.25, -0.2) is 4.39 Å². The highest BCUT2D eigenvalue weighted by Crippen LogP contribution is 2.21. The fourth-order valence-corrected chi connectivity index (χ4v) is 2.44. The molecule has 1 amide bonds. The van der Waals surface area contributed by atoms with Gasteiger partial charge in [-0.15, -0.1) is 0 Å². The predicted octanol–water partition coefficient (Wildman–Crippen LogP) is 1.77. The number of hydrogen-bond donors (Lipinski definition) is 2. The van der Waals surface area contributed by atoms with Crippen LogP contribution in [-0.4, -0.2) is 30.5 Å². The standard InChI is InChI=1S/C14H18FN3O3/c1-9-6-11(18(20)21)7-12(13(9)15)14(19)17-8-10-2-4-16-5-3-10/h6-7,10,16H,2-5,8H2,1H3,(H,17,19). The van der Waals surface area contributed by atoms with Crippen LogP contribution in [0.1, 0.15) is 28.8 Å². The molecular weight excluding hydrogens is 277 g/mol. The van der Waals surface area contributed by atoms with Gasteiger partial charge in [-0.1, -0.05) is 0 Å². The second kappa shape index (κ2) is 6.62. The fraction of sp³-hybridized carbons (Fsp3) is 0.500. The van der Waals surface area contributed by atoms with E-state index in [1.807, 2.05) is 0 Å². The fourth-order valence-electron chi connectivity index (χ4n) is 2.44. The van der Waals surface area contributed by atoms with Crippen molar-refractivity contribution in [1.29, 1.82) is 0 Å². The highest BCUT2D eigenvalue weighted by molar-refractivity contribution is 5.95. The Balaban J connectivity index is 2.09. The molecule has 0 radical (unpaired) electrons. The number of nitrogens with one attached hydrogen (secondary N) is 2. The Morgan fingerprint density at radius 3 is 2.76 bits per heavy atom. The smallest absolute Gasteiger partial charge is 0.270 e. The number of hydrogen-bond acceptors (Lipinski definition) is 4. The van der Waals surface area contributed by atoms with Gasteiger partial charge in [-0.2, -0.15) is 0 Å². The number of amides is 1. The number of nitro groups is 1. The van der Waals surface area contributed by atoms with E-state index in [1.54, 1.807) is 0 Å². The van der Waals surface area contributed by atoms with Crippen molar-refractivity contribution >= 4 is 11.6 Å². The van der Waals surface area contributed by atoms with E-state index in [4.69, 9.17) is 0 Å². The van der Waals surface area contributed by atoms with Crippen LogP contribution in [0.2, 0.25) is 0 Å². The number of non-ortho nitro benzene ring substituents is 1. The zero-order valence-electron chi connectivity index (χ0n) is 11.8. The van der Waals surface area contributed by atoms with Crippen LogP contribution in [0.3, 0.4) is 0 Å². The molecule has 1 aromatic rings. The Kier molecular flexibility index (Phi) is 4.85. The lowest BCUT2D eigenvalue weighted by atomic mass is 9.98. The number of carbonyl (C=O) groups excluding carboxylic acids is 1. The largest absolute Gasteiger partial charge is 0.352 e. The molecule has 0 saturated carbocycles. The first-order chi connectivity index (χ1) is 9.99. The van der Waals surface area contributed by atoms with Crippen LogP contribution in [0.4, 0.5) is 10.1 Å². The normalized spacial score (nSPS) is 15.7. The summed E-state index contributed by atoms with van der Waals surface area (Å²) in [5.41, 5.74) is -0.451. The Morgan fingerprint density at radius 2 is 2.14 bits per heavy atom. The van der Waals surface area contributed by atoms with Crippen molar-refractivity contribution in [3.05, 3.63) is 39.2 Å². The molecule has 1 aromatic carbocycles. The lowest BCUT2D eigenvalue weighted by Crippen LogP contribution is -2.36. The highest BCUT2D eigenvalue weighted by Gasteiger charge is 2.21. The van der Waals surface area contributed by atoms with Gasteiger partial charge >= 0.3 is 0 Å². The van der Waals surface area contributed by atoms with Crippen molar-refractivity contribution in [1.82, 2.24) is 10.6 Å². The summed E-state index contributed by atoms with van der Waals surface area (Å²) in [7, 11) is 0. The molecule has 0 unspecified atom stereocenters. The van der Waals surface area contributed by atoms with E-state index in [1.165, 1.54) is 6.92 Å². The number of halogens is 1. The third-order valence-electron chi connectivity index (χ3n) is 3.70. The Morgan fingerprint density at radius 1 is 1.48 bits per heavy atom. The summed E-state index contributed by atoms with van der Waals surface area (Å²) in [4.78, 5) is 22.2. The molecule has 1 aliphatic heterocycles. The van der Waals surface area contributed by atoms with Crippen molar-refractivity contribution < 1.29 is 14.1 Å². The van der Waals surface area contributed by atoms with Crippen LogP contribution < -0.4 is 10.6 Å². The number of aryl methyl sites for hydroxylation is 1. The molecule has 2 rings (SSSR count). The quantitative estimate of drug-likeness (QED) is 0.655. The Bertz CT molecular complexity index is 557. The topological polar surface area (TPSA) is 84.3 Å². The van der Waals surface area contributed by atoms with Gasteiger partial charge in [0.2, 0.25) is 0 Å². The Hall–Kier alpha value is -2.02. The van der Waals surface area contributed by atoms with E-state index in [0.717, 1.165) is 38.1 Å². The highest BCUT2D eigenvalue weighted by atomic mass is 19.1. The first-order valence-electron chi connectivity index (χ1n) is 6.92. The number of nitrogens with zero attached hydrogens (tertiary/aromatic N) is 1. The molecule has 114 valence electrons. The molecule has 1 aliphatic rings. The average Bonchev–Trinajstić information content (AvgIpc) is 2.48. The zero-order valence-corrected chi connectivity index (χ0v) is 11.8. The van der Waals surface area contributed by atoms with Crippen molar-refractivity contribution in [2.75, 3.05) is 19.6 Å². The van der Waals surface area contributed by atoms with E-state index < -0.39 is 16.6 Å². The predicted molar refractivity (Wildman–Crippen MR) is 75.7 cm³/mol. The van der Waals surface area contributed by atoms with Crippen molar-refractivity contribution in [2.24, 2.45) is 5.92 Å². The monoisotopic (exact) mass is 295 g/mol. The third kappa shape index (κ3) is 3.75. The van der Waals surface area contributed by atoms with Crippen LogP contribution in [0.25, 0.3) is 0 Å². The minimum atomic E-state index is -0.705. The van der Waals surface area contributed by atoms with Gasteiger partial charge in [0.25, 0.3) is 11.6 Å². The first kappa shape index (κ1) is 15.4. The lowest BCUT2D eigenvalue weighted by molar-refractivity contribution is -0.385. The summed E-state index contributed by atoms with van der Waals surface area (Å²) in [6.07, 6.45) is 1.91. The maximum Gasteiger partial charge on any atom is 0.270 e. The van der Waals surface area contributed by atoms with Gasteiger partial charge in [0.05, 0.1) is 10.5 Å². The number of nitro benzene ring substituents is 1. The zero-order chi connectivity index (χ0) is 15.4. The summed E-state index contributed by atoms with van der Waals surface area (Å²) in [6.45, 7) is 3.68. The molecule has 0 atom stereocenters. The molecule has 1 saturated heterocycles. The van der Waals surface area contributed by atoms with Crippen LogP contribution in [0.15, 0.2) is 12.1 Å². The summed E-state index contributed by atoms with van der Waals surface area (Å²) < 4.78 is 14.0. The minimum Gasteiger partial charge on any atom is -0.352 e. The molecule has 0 spiro atoms. The number of rotatable bonds is 4. The Labute approximate surface area is 121 Å². The van der Waals surface area contributed by atoms with Crippen molar-refractivity contribution in [3.63, 3.8) is 0 Å². The molecule has 21 heavy (non-hydrogen) atoms. The van der Waals surface area contributed by atoms with Gasteiger partial charge in [-0.3, -0.25) is 14.9 Å². The van der Waals surface area contributed by atoms with Gasteiger partial charge in [-0.05, 0) is 44.3 Å². The average molecular weight is 295 g/mol. The SMILES string of the molecule is Cc1cc([N+](=O)[O-])cc(C(=O)NCC2CCNCC2)c1F. The lowest BCUT2D eigenvalue weighted by Gasteiger charge is -2.22. The number of piperidine rings is 1. The molecule has 0 aliphatic carbocycles. The molecule has 0 bridgehead atoms. The second-order valence-corrected chi connectivity index (χ2v) is 5.28. The van der Waals surface area contributed by atoms with Gasteiger partial charge in [0, 0.05) is 18.7 Å². The second-order valence-electron chi connectivity index (χ2n) is 5.28. The molecule has 1 heterocycles. The van der Waals surface area contributed by atoms with E-state index >= 15 is 0 Å². The summed E-state index contributed by atoms with van der Waals surface area (Å²) in [6, 6.07) is 2.11.